The van der Waals surface area contributed by atoms with Crippen molar-refractivity contribution in [3.05, 3.63) is 34.3 Å². The molecule has 0 aliphatic rings. The quantitative estimate of drug-likeness (QED) is 0.739. The van der Waals surface area contributed by atoms with Gasteiger partial charge in [0, 0.05) is 11.8 Å². The van der Waals surface area contributed by atoms with Gasteiger partial charge in [-0.05, 0) is 34.5 Å². The molecular formula is C13H15BrN4O3. The Hall–Kier alpha value is -2.09. The predicted octanol–water partition coefficient (Wildman–Crippen LogP) is 2.09. The van der Waals surface area contributed by atoms with Gasteiger partial charge in [-0.15, -0.1) is 0 Å². The zero-order valence-corrected chi connectivity index (χ0v) is 13.0. The van der Waals surface area contributed by atoms with E-state index in [0.717, 1.165) is 18.5 Å². The fourth-order valence-corrected chi connectivity index (χ4v) is 2.00. The Morgan fingerprint density at radius 1 is 1.43 bits per heavy atom. The first-order valence-corrected chi connectivity index (χ1v) is 7.25. The molecule has 2 rings (SSSR count). The SMILES string of the molecule is CCCc1cc(NC(=O)CNC(=O)c2ccc(Br)o2)n[nH]1. The van der Waals surface area contributed by atoms with Crippen LogP contribution in [0.5, 0.6) is 0 Å². The van der Waals surface area contributed by atoms with Gasteiger partial charge in [0.2, 0.25) is 5.91 Å². The van der Waals surface area contributed by atoms with Gasteiger partial charge in [0.15, 0.2) is 16.2 Å². The van der Waals surface area contributed by atoms with Crippen molar-refractivity contribution in [2.75, 3.05) is 11.9 Å². The lowest BCUT2D eigenvalue weighted by Gasteiger charge is -2.03. The molecule has 112 valence electrons. The van der Waals surface area contributed by atoms with Gasteiger partial charge >= 0.3 is 0 Å². The van der Waals surface area contributed by atoms with Gasteiger partial charge in [0.1, 0.15) is 0 Å². The monoisotopic (exact) mass is 354 g/mol. The number of amides is 2. The number of nitrogens with zero attached hydrogens (tertiary/aromatic N) is 1. The molecule has 3 N–H and O–H groups in total. The summed E-state index contributed by atoms with van der Waals surface area (Å²) in [6.07, 6.45) is 1.86. The Balaban J connectivity index is 1.80. The summed E-state index contributed by atoms with van der Waals surface area (Å²) in [4.78, 5) is 23.4. The van der Waals surface area contributed by atoms with Crippen molar-refractivity contribution in [3.63, 3.8) is 0 Å². The average Bonchev–Trinajstić information content (AvgIpc) is 3.06. The molecule has 0 aliphatic carbocycles. The molecule has 2 amide bonds. The summed E-state index contributed by atoms with van der Waals surface area (Å²) >= 11 is 3.10. The van der Waals surface area contributed by atoms with E-state index in [0.29, 0.717) is 10.5 Å². The molecule has 2 heterocycles. The second-order valence-electron chi connectivity index (χ2n) is 4.36. The Bertz CT molecular complexity index is 635. The molecule has 0 spiro atoms. The van der Waals surface area contributed by atoms with E-state index in [1.165, 1.54) is 6.07 Å². The number of carbonyl (C=O) groups is 2. The van der Waals surface area contributed by atoms with E-state index in [1.807, 2.05) is 0 Å². The van der Waals surface area contributed by atoms with Crippen LogP contribution in [0, 0.1) is 0 Å². The third kappa shape index (κ3) is 4.45. The lowest BCUT2D eigenvalue weighted by atomic mass is 10.2. The van der Waals surface area contributed by atoms with Crippen LogP contribution in [0.3, 0.4) is 0 Å². The summed E-state index contributed by atoms with van der Waals surface area (Å²) in [5.41, 5.74) is 0.956. The van der Waals surface area contributed by atoms with E-state index in [2.05, 4.69) is 43.7 Å². The molecule has 0 atom stereocenters. The minimum absolute atomic E-state index is 0.139. The minimum atomic E-state index is -0.454. The summed E-state index contributed by atoms with van der Waals surface area (Å²) in [6.45, 7) is 1.90. The number of aryl methyl sites for hydroxylation is 1. The highest BCUT2D eigenvalue weighted by atomic mass is 79.9. The summed E-state index contributed by atoms with van der Waals surface area (Å²) in [6, 6.07) is 4.89. The van der Waals surface area contributed by atoms with Crippen LogP contribution in [0.4, 0.5) is 5.82 Å². The third-order valence-corrected chi connectivity index (χ3v) is 3.05. The van der Waals surface area contributed by atoms with Crippen molar-refractivity contribution < 1.29 is 14.0 Å². The Morgan fingerprint density at radius 3 is 2.90 bits per heavy atom. The van der Waals surface area contributed by atoms with Crippen LogP contribution in [0.15, 0.2) is 27.3 Å². The van der Waals surface area contributed by atoms with E-state index in [9.17, 15) is 9.59 Å². The Labute approximate surface area is 129 Å². The number of carbonyl (C=O) groups excluding carboxylic acids is 2. The largest absolute Gasteiger partial charge is 0.444 e. The number of hydrogen-bond donors (Lipinski definition) is 3. The first-order chi connectivity index (χ1) is 10.1. The topological polar surface area (TPSA) is 100 Å². The fraction of sp³-hybridized carbons (Fsp3) is 0.308. The third-order valence-electron chi connectivity index (χ3n) is 2.62. The molecule has 0 aliphatic heterocycles. The van der Waals surface area contributed by atoms with Crippen LogP contribution in [0.2, 0.25) is 0 Å². The van der Waals surface area contributed by atoms with Crippen molar-refractivity contribution in [1.29, 1.82) is 0 Å². The number of halogens is 1. The van der Waals surface area contributed by atoms with Crippen LogP contribution in [-0.2, 0) is 11.2 Å². The summed E-state index contributed by atoms with van der Waals surface area (Å²) < 4.78 is 5.54. The first-order valence-electron chi connectivity index (χ1n) is 6.46. The Kier molecular flexibility index (Phi) is 5.15. The molecule has 2 aromatic heterocycles. The standard InChI is InChI=1S/C13H15BrN4O3/c1-2-3-8-6-11(18-17-8)16-12(19)7-15-13(20)9-4-5-10(14)21-9/h4-6H,2-3,7H2,1H3,(H,15,20)(H2,16,17,18,19). The zero-order chi connectivity index (χ0) is 15.2. The zero-order valence-electron chi connectivity index (χ0n) is 11.4. The normalized spacial score (nSPS) is 10.4. The Morgan fingerprint density at radius 2 is 2.24 bits per heavy atom. The molecule has 21 heavy (non-hydrogen) atoms. The summed E-state index contributed by atoms with van der Waals surface area (Å²) in [7, 11) is 0. The molecule has 7 nitrogen and oxygen atoms in total. The molecule has 0 saturated carbocycles. The summed E-state index contributed by atoms with van der Waals surface area (Å²) in [5, 5.41) is 11.9. The number of aromatic nitrogens is 2. The maximum atomic E-state index is 11.7. The van der Waals surface area contributed by atoms with Crippen molar-refractivity contribution >= 4 is 33.6 Å². The predicted molar refractivity (Wildman–Crippen MR) is 80.0 cm³/mol. The molecule has 0 radical (unpaired) electrons. The molecular weight excluding hydrogens is 340 g/mol. The summed E-state index contributed by atoms with van der Waals surface area (Å²) in [5.74, 6) is -0.230. The smallest absolute Gasteiger partial charge is 0.287 e. The second-order valence-corrected chi connectivity index (χ2v) is 5.14. The first kappa shape index (κ1) is 15.3. The minimum Gasteiger partial charge on any atom is -0.444 e. The van der Waals surface area contributed by atoms with Gasteiger partial charge in [0.05, 0.1) is 6.54 Å². The van der Waals surface area contributed by atoms with E-state index in [1.54, 1.807) is 12.1 Å². The second kappa shape index (κ2) is 7.07. The van der Waals surface area contributed by atoms with E-state index >= 15 is 0 Å². The molecule has 0 bridgehead atoms. The highest BCUT2D eigenvalue weighted by Crippen LogP contribution is 2.13. The van der Waals surface area contributed by atoms with Crippen LogP contribution in [-0.4, -0.2) is 28.6 Å². The van der Waals surface area contributed by atoms with Crippen LogP contribution < -0.4 is 10.6 Å². The van der Waals surface area contributed by atoms with Crippen molar-refractivity contribution in [2.45, 2.75) is 19.8 Å². The lowest BCUT2D eigenvalue weighted by Crippen LogP contribution is -2.32. The lowest BCUT2D eigenvalue weighted by molar-refractivity contribution is -0.115. The van der Waals surface area contributed by atoms with Crippen LogP contribution in [0.1, 0.15) is 29.6 Å². The fourth-order valence-electron chi connectivity index (χ4n) is 1.69. The van der Waals surface area contributed by atoms with Gasteiger partial charge in [-0.2, -0.15) is 5.10 Å². The number of aromatic amines is 1. The van der Waals surface area contributed by atoms with Gasteiger partial charge in [-0.1, -0.05) is 13.3 Å². The van der Waals surface area contributed by atoms with Crippen molar-refractivity contribution in [2.24, 2.45) is 0 Å². The van der Waals surface area contributed by atoms with Crippen molar-refractivity contribution in [1.82, 2.24) is 15.5 Å². The van der Waals surface area contributed by atoms with Gasteiger partial charge < -0.3 is 15.1 Å². The highest BCUT2D eigenvalue weighted by Gasteiger charge is 2.12. The van der Waals surface area contributed by atoms with Gasteiger partial charge in [-0.25, -0.2) is 0 Å². The van der Waals surface area contributed by atoms with Crippen LogP contribution in [0.25, 0.3) is 0 Å². The van der Waals surface area contributed by atoms with Crippen molar-refractivity contribution in [3.8, 4) is 0 Å². The number of nitrogens with one attached hydrogen (secondary N) is 3. The maximum absolute atomic E-state index is 11.7. The van der Waals surface area contributed by atoms with Gasteiger partial charge in [0.25, 0.3) is 5.91 Å². The number of hydrogen-bond acceptors (Lipinski definition) is 4. The molecule has 2 aromatic rings. The average molecular weight is 355 g/mol. The molecule has 0 saturated heterocycles. The van der Waals surface area contributed by atoms with E-state index in [-0.39, 0.29) is 18.2 Å². The molecule has 0 aromatic carbocycles. The van der Waals surface area contributed by atoms with E-state index in [4.69, 9.17) is 4.42 Å². The molecule has 0 unspecified atom stereocenters. The molecule has 0 fully saturated rings. The number of furan rings is 1. The highest BCUT2D eigenvalue weighted by molar-refractivity contribution is 9.10. The maximum Gasteiger partial charge on any atom is 0.287 e. The molecule has 8 heteroatoms. The van der Waals surface area contributed by atoms with Crippen LogP contribution >= 0.6 is 15.9 Å². The van der Waals surface area contributed by atoms with Gasteiger partial charge in [-0.3, -0.25) is 14.7 Å². The number of rotatable bonds is 6. The number of H-pyrrole nitrogens is 1. The number of anilines is 1. The van der Waals surface area contributed by atoms with E-state index < -0.39 is 5.91 Å².